The summed E-state index contributed by atoms with van der Waals surface area (Å²) in [6, 6.07) is 7.79. The molecule has 23 heavy (non-hydrogen) atoms. The second-order valence-electron chi connectivity index (χ2n) is 5.10. The lowest BCUT2D eigenvalue weighted by molar-refractivity contribution is 0.739. The van der Waals surface area contributed by atoms with Crippen molar-refractivity contribution >= 4 is 41.5 Å². The van der Waals surface area contributed by atoms with E-state index in [4.69, 9.17) is 11.6 Å². The van der Waals surface area contributed by atoms with E-state index >= 15 is 0 Å². The van der Waals surface area contributed by atoms with Crippen LogP contribution in [0.1, 0.15) is 17.5 Å². The Morgan fingerprint density at radius 2 is 1.96 bits per heavy atom. The van der Waals surface area contributed by atoms with E-state index in [1.165, 1.54) is 11.1 Å². The first-order valence-corrected chi connectivity index (χ1v) is 7.71. The van der Waals surface area contributed by atoms with Crippen molar-refractivity contribution < 1.29 is 0 Å². The van der Waals surface area contributed by atoms with Crippen molar-refractivity contribution in [3.8, 4) is 0 Å². The number of benzene rings is 1. The lowest BCUT2D eigenvalue weighted by Crippen LogP contribution is -2.37. The first-order chi connectivity index (χ1) is 10.7. The lowest BCUT2D eigenvalue weighted by atomic mass is 10.2. The molecule has 2 rings (SSSR count). The van der Waals surface area contributed by atoms with Crippen molar-refractivity contribution in [2.45, 2.75) is 19.4 Å². The fraction of sp³-hybridized carbons (Fsp3) is 0.375. The molecule has 7 heteroatoms. The molecule has 2 aromatic rings. The molecule has 0 bridgehead atoms. The number of aromatic nitrogens is 2. The predicted molar refractivity (Wildman–Crippen MR) is 107 cm³/mol. The van der Waals surface area contributed by atoms with Crippen molar-refractivity contribution in [1.29, 1.82) is 0 Å². The van der Waals surface area contributed by atoms with E-state index in [1.54, 1.807) is 7.05 Å². The Bertz CT molecular complexity index is 609. The lowest BCUT2D eigenvalue weighted by Gasteiger charge is -2.11. The Morgan fingerprint density at radius 1 is 1.22 bits per heavy atom. The summed E-state index contributed by atoms with van der Waals surface area (Å²) in [4.78, 5) is 4.22. The van der Waals surface area contributed by atoms with Crippen LogP contribution in [0.15, 0.2) is 41.7 Å². The SMILES string of the molecule is CN=C(NCCCc1cnn(C)c1)NCc1ccc(Cl)cc1.I. The van der Waals surface area contributed by atoms with E-state index in [2.05, 4.69) is 20.7 Å². The fourth-order valence-corrected chi connectivity index (χ4v) is 2.23. The largest absolute Gasteiger partial charge is 0.356 e. The van der Waals surface area contributed by atoms with Crippen molar-refractivity contribution in [3.63, 3.8) is 0 Å². The highest BCUT2D eigenvalue weighted by Crippen LogP contribution is 2.09. The fourth-order valence-electron chi connectivity index (χ4n) is 2.11. The monoisotopic (exact) mass is 447 g/mol. The van der Waals surface area contributed by atoms with Crippen LogP contribution in [-0.4, -0.2) is 29.3 Å². The summed E-state index contributed by atoms with van der Waals surface area (Å²) < 4.78 is 1.83. The van der Waals surface area contributed by atoms with Gasteiger partial charge >= 0.3 is 0 Å². The van der Waals surface area contributed by atoms with Crippen LogP contribution in [-0.2, 0) is 20.0 Å². The van der Waals surface area contributed by atoms with Gasteiger partial charge < -0.3 is 10.6 Å². The molecule has 0 aliphatic heterocycles. The molecule has 0 aliphatic rings. The first-order valence-electron chi connectivity index (χ1n) is 7.34. The van der Waals surface area contributed by atoms with Gasteiger partial charge in [-0.3, -0.25) is 9.67 Å². The van der Waals surface area contributed by atoms with Crippen LogP contribution in [0.2, 0.25) is 5.02 Å². The van der Waals surface area contributed by atoms with Crippen LogP contribution < -0.4 is 10.6 Å². The molecule has 1 heterocycles. The number of aryl methyl sites for hydroxylation is 2. The minimum absolute atomic E-state index is 0. The van der Waals surface area contributed by atoms with E-state index in [0.717, 1.165) is 36.9 Å². The normalized spacial score (nSPS) is 11.0. The molecule has 0 saturated carbocycles. The van der Waals surface area contributed by atoms with E-state index < -0.39 is 0 Å². The van der Waals surface area contributed by atoms with Crippen LogP contribution in [0.3, 0.4) is 0 Å². The summed E-state index contributed by atoms with van der Waals surface area (Å²) in [7, 11) is 3.71. The topological polar surface area (TPSA) is 54.2 Å². The molecule has 0 atom stereocenters. The van der Waals surface area contributed by atoms with Crippen LogP contribution in [0.4, 0.5) is 0 Å². The molecule has 0 fully saturated rings. The zero-order valence-electron chi connectivity index (χ0n) is 13.4. The summed E-state index contributed by atoms with van der Waals surface area (Å²) in [5.41, 5.74) is 2.43. The molecule has 0 saturated heterocycles. The third kappa shape index (κ3) is 7.22. The van der Waals surface area contributed by atoms with Crippen molar-refractivity contribution in [2.75, 3.05) is 13.6 Å². The van der Waals surface area contributed by atoms with Crippen molar-refractivity contribution in [1.82, 2.24) is 20.4 Å². The molecule has 0 amide bonds. The standard InChI is InChI=1S/C16H22ClN5.HI/c1-18-16(20-10-13-5-7-15(17)8-6-13)19-9-3-4-14-11-21-22(2)12-14;/h5-8,11-12H,3-4,9-10H2,1-2H3,(H2,18,19,20);1H. The van der Waals surface area contributed by atoms with Crippen LogP contribution in [0, 0.1) is 0 Å². The van der Waals surface area contributed by atoms with E-state index in [1.807, 2.05) is 48.4 Å². The molecule has 0 spiro atoms. The quantitative estimate of drug-likeness (QED) is 0.310. The number of hydrogen-bond donors (Lipinski definition) is 2. The highest BCUT2D eigenvalue weighted by molar-refractivity contribution is 14.0. The van der Waals surface area contributed by atoms with E-state index in [0.29, 0.717) is 0 Å². The zero-order chi connectivity index (χ0) is 15.8. The summed E-state index contributed by atoms with van der Waals surface area (Å²) in [5.74, 6) is 0.807. The van der Waals surface area contributed by atoms with E-state index in [-0.39, 0.29) is 24.0 Å². The van der Waals surface area contributed by atoms with Gasteiger partial charge in [0.15, 0.2) is 5.96 Å². The van der Waals surface area contributed by atoms with Gasteiger partial charge in [0.1, 0.15) is 0 Å². The highest BCUT2D eigenvalue weighted by atomic mass is 127. The van der Waals surface area contributed by atoms with E-state index in [9.17, 15) is 0 Å². The van der Waals surface area contributed by atoms with Crippen LogP contribution in [0.25, 0.3) is 0 Å². The molecule has 0 unspecified atom stereocenters. The Labute approximate surface area is 159 Å². The summed E-state index contributed by atoms with van der Waals surface area (Å²) in [5, 5.41) is 11.5. The van der Waals surface area contributed by atoms with Gasteiger partial charge in [0.25, 0.3) is 0 Å². The Kier molecular flexibility index (Phi) is 9.01. The Hall–Kier alpha value is -1.28. The minimum Gasteiger partial charge on any atom is -0.356 e. The smallest absolute Gasteiger partial charge is 0.191 e. The molecular formula is C16H23ClIN5. The summed E-state index contributed by atoms with van der Waals surface area (Å²) >= 11 is 5.88. The molecule has 0 aliphatic carbocycles. The van der Waals surface area contributed by atoms with Crippen molar-refractivity contribution in [3.05, 3.63) is 52.8 Å². The zero-order valence-corrected chi connectivity index (χ0v) is 16.5. The highest BCUT2D eigenvalue weighted by Gasteiger charge is 2.00. The van der Waals surface area contributed by atoms with Crippen LogP contribution in [0.5, 0.6) is 0 Å². The molecular weight excluding hydrogens is 425 g/mol. The maximum atomic E-state index is 5.88. The molecule has 1 aromatic carbocycles. The molecule has 1 aromatic heterocycles. The number of hydrogen-bond acceptors (Lipinski definition) is 2. The average molecular weight is 448 g/mol. The van der Waals surface area contributed by atoms with Gasteiger partial charge in [-0.25, -0.2) is 0 Å². The first kappa shape index (κ1) is 19.8. The number of nitrogens with zero attached hydrogens (tertiary/aromatic N) is 3. The average Bonchev–Trinajstić information content (AvgIpc) is 2.94. The summed E-state index contributed by atoms with van der Waals surface area (Å²) in [6.45, 7) is 1.59. The van der Waals surface area contributed by atoms with Gasteiger partial charge in [0, 0.05) is 38.4 Å². The maximum absolute atomic E-state index is 5.88. The summed E-state index contributed by atoms with van der Waals surface area (Å²) in [6.07, 6.45) is 6.00. The van der Waals surface area contributed by atoms with Gasteiger partial charge in [-0.05, 0) is 36.1 Å². The number of aliphatic imine (C=N–C) groups is 1. The third-order valence-electron chi connectivity index (χ3n) is 3.29. The number of guanidine groups is 1. The number of rotatable bonds is 6. The van der Waals surface area contributed by atoms with Crippen LogP contribution >= 0.6 is 35.6 Å². The molecule has 0 radical (unpaired) electrons. The van der Waals surface area contributed by atoms with Gasteiger partial charge in [-0.1, -0.05) is 23.7 Å². The predicted octanol–water partition coefficient (Wildman–Crippen LogP) is 2.99. The number of halogens is 2. The van der Waals surface area contributed by atoms with Gasteiger partial charge in [0.2, 0.25) is 0 Å². The second-order valence-corrected chi connectivity index (χ2v) is 5.54. The van der Waals surface area contributed by atoms with Gasteiger partial charge in [-0.15, -0.1) is 24.0 Å². The third-order valence-corrected chi connectivity index (χ3v) is 3.54. The van der Waals surface area contributed by atoms with Gasteiger partial charge in [0.05, 0.1) is 6.20 Å². The molecule has 2 N–H and O–H groups in total. The Balaban J connectivity index is 0.00000264. The van der Waals surface area contributed by atoms with Gasteiger partial charge in [-0.2, -0.15) is 5.10 Å². The second kappa shape index (κ2) is 10.5. The Morgan fingerprint density at radius 3 is 2.57 bits per heavy atom. The minimum atomic E-state index is 0. The van der Waals surface area contributed by atoms with Crippen molar-refractivity contribution in [2.24, 2.45) is 12.0 Å². The maximum Gasteiger partial charge on any atom is 0.191 e. The molecule has 126 valence electrons. The molecule has 5 nitrogen and oxygen atoms in total. The number of nitrogens with one attached hydrogen (secondary N) is 2.